The average molecular weight is 335 g/mol. The Bertz CT molecular complexity index is 651. The minimum Gasteiger partial charge on any atom is -0.431 e. The number of nitrogens with zero attached hydrogens (tertiary/aromatic N) is 2. The lowest BCUT2D eigenvalue weighted by molar-refractivity contribution is -0.134. The maximum absolute atomic E-state index is 12.2. The Hall–Kier alpha value is -2.02. The summed E-state index contributed by atoms with van der Waals surface area (Å²) in [5.41, 5.74) is 1.47. The Kier molecular flexibility index (Phi) is 6.04. The van der Waals surface area contributed by atoms with Crippen molar-refractivity contribution >= 4 is 34.7 Å². The number of rotatable bonds is 7. The molecule has 1 aromatic carbocycles. The maximum Gasteiger partial charge on any atom is 0.257 e. The number of oxazole rings is 1. The summed E-state index contributed by atoms with van der Waals surface area (Å²) in [6, 6.07) is 7.52. The normalized spacial score (nSPS) is 11.0. The molecule has 0 saturated heterocycles. The molecule has 0 unspecified atom stereocenters. The van der Waals surface area contributed by atoms with Crippen LogP contribution in [0.1, 0.15) is 20.8 Å². The van der Waals surface area contributed by atoms with E-state index in [1.807, 2.05) is 45.0 Å². The number of carbonyl (C=O) groups is 2. The Labute approximate surface area is 139 Å². The summed E-state index contributed by atoms with van der Waals surface area (Å²) in [4.78, 5) is 29.9. The van der Waals surface area contributed by atoms with Crippen LogP contribution < -0.4 is 5.32 Å². The van der Waals surface area contributed by atoms with Gasteiger partial charge in [0.1, 0.15) is 5.52 Å². The predicted molar refractivity (Wildman–Crippen MR) is 90.3 cm³/mol. The number of nitrogens with one attached hydrogen (secondary N) is 1. The van der Waals surface area contributed by atoms with E-state index in [9.17, 15) is 9.59 Å². The number of hydrogen-bond acceptors (Lipinski definition) is 5. The van der Waals surface area contributed by atoms with Crippen LogP contribution in [0.4, 0.5) is 0 Å². The number of thioether (sulfide) groups is 1. The maximum atomic E-state index is 12.2. The standard InChI is InChI=1S/C16H21N3O3S/c1-4-19(9-14(20)17-11(2)3)15(21)10-23-16-18-12-7-5-6-8-13(12)22-16/h5-8,11H,4,9-10H2,1-3H3,(H,17,20). The fraction of sp³-hybridized carbons (Fsp3) is 0.438. The fourth-order valence-electron chi connectivity index (χ4n) is 2.04. The van der Waals surface area contributed by atoms with E-state index in [0.717, 1.165) is 5.52 Å². The van der Waals surface area contributed by atoms with Gasteiger partial charge in [0.15, 0.2) is 5.58 Å². The van der Waals surface area contributed by atoms with Crippen LogP contribution in [0.25, 0.3) is 11.1 Å². The van der Waals surface area contributed by atoms with Crippen LogP contribution in [0, 0.1) is 0 Å². The van der Waals surface area contributed by atoms with Crippen LogP contribution in [-0.2, 0) is 9.59 Å². The molecule has 124 valence electrons. The van der Waals surface area contributed by atoms with E-state index in [1.165, 1.54) is 16.7 Å². The summed E-state index contributed by atoms with van der Waals surface area (Å²) in [5.74, 6) is -0.0731. The SMILES string of the molecule is CCN(CC(=O)NC(C)C)C(=O)CSc1nc2ccccc2o1. The van der Waals surface area contributed by atoms with Crippen molar-refractivity contribution in [3.63, 3.8) is 0 Å². The number of aromatic nitrogens is 1. The lowest BCUT2D eigenvalue weighted by atomic mass is 10.3. The van der Waals surface area contributed by atoms with E-state index >= 15 is 0 Å². The zero-order valence-corrected chi connectivity index (χ0v) is 14.4. The molecule has 0 atom stereocenters. The Balaban J connectivity index is 1.90. The van der Waals surface area contributed by atoms with Crippen LogP contribution in [0.3, 0.4) is 0 Å². The molecule has 0 spiro atoms. The van der Waals surface area contributed by atoms with E-state index in [0.29, 0.717) is 17.4 Å². The Morgan fingerprint density at radius 2 is 2.09 bits per heavy atom. The van der Waals surface area contributed by atoms with Crippen molar-refractivity contribution < 1.29 is 14.0 Å². The van der Waals surface area contributed by atoms with E-state index in [1.54, 1.807) is 0 Å². The Morgan fingerprint density at radius 1 is 1.35 bits per heavy atom. The number of likely N-dealkylation sites (N-methyl/N-ethyl adjacent to an activating group) is 1. The third kappa shape index (κ3) is 4.99. The van der Waals surface area contributed by atoms with Gasteiger partial charge in [-0.15, -0.1) is 0 Å². The monoisotopic (exact) mass is 335 g/mol. The first-order valence-corrected chi connectivity index (χ1v) is 8.53. The van der Waals surface area contributed by atoms with Crippen LogP contribution >= 0.6 is 11.8 Å². The highest BCUT2D eigenvalue weighted by Gasteiger charge is 2.17. The van der Waals surface area contributed by atoms with Gasteiger partial charge < -0.3 is 14.6 Å². The lowest BCUT2D eigenvalue weighted by Gasteiger charge is -2.20. The van der Waals surface area contributed by atoms with E-state index in [4.69, 9.17) is 4.42 Å². The summed E-state index contributed by atoms with van der Waals surface area (Å²) in [6.07, 6.45) is 0. The molecular weight excluding hydrogens is 314 g/mol. The van der Waals surface area contributed by atoms with Gasteiger partial charge in [-0.3, -0.25) is 9.59 Å². The molecule has 6 nitrogen and oxygen atoms in total. The first kappa shape index (κ1) is 17.3. The molecule has 2 amide bonds. The highest BCUT2D eigenvalue weighted by Crippen LogP contribution is 2.23. The van der Waals surface area contributed by atoms with Crippen molar-refractivity contribution in [1.82, 2.24) is 15.2 Å². The zero-order valence-electron chi connectivity index (χ0n) is 13.5. The molecule has 0 aliphatic rings. The number of carbonyl (C=O) groups excluding carboxylic acids is 2. The second-order valence-corrected chi connectivity index (χ2v) is 6.29. The Morgan fingerprint density at radius 3 is 2.74 bits per heavy atom. The molecule has 2 aromatic rings. The highest BCUT2D eigenvalue weighted by atomic mass is 32.2. The summed E-state index contributed by atoms with van der Waals surface area (Å²) in [7, 11) is 0. The quantitative estimate of drug-likeness (QED) is 0.786. The largest absolute Gasteiger partial charge is 0.431 e. The summed E-state index contributed by atoms with van der Waals surface area (Å²) >= 11 is 1.24. The van der Waals surface area contributed by atoms with Gasteiger partial charge in [0.2, 0.25) is 11.8 Å². The highest BCUT2D eigenvalue weighted by molar-refractivity contribution is 7.99. The minimum absolute atomic E-state index is 0.0606. The lowest BCUT2D eigenvalue weighted by Crippen LogP contribution is -2.43. The third-order valence-corrected chi connectivity index (χ3v) is 3.92. The second-order valence-electron chi connectivity index (χ2n) is 5.37. The first-order chi connectivity index (χ1) is 11.0. The van der Waals surface area contributed by atoms with Crippen LogP contribution in [0.2, 0.25) is 0 Å². The molecule has 23 heavy (non-hydrogen) atoms. The second kappa shape index (κ2) is 8.01. The van der Waals surface area contributed by atoms with Crippen molar-refractivity contribution in [3.05, 3.63) is 24.3 Å². The smallest absolute Gasteiger partial charge is 0.257 e. The van der Waals surface area contributed by atoms with Crippen molar-refractivity contribution in [2.75, 3.05) is 18.8 Å². The molecule has 0 fully saturated rings. The van der Waals surface area contributed by atoms with E-state index in [-0.39, 0.29) is 30.2 Å². The van der Waals surface area contributed by atoms with Crippen molar-refractivity contribution in [2.45, 2.75) is 32.0 Å². The van der Waals surface area contributed by atoms with Crippen molar-refractivity contribution in [3.8, 4) is 0 Å². The molecule has 0 aliphatic carbocycles. The molecule has 0 saturated carbocycles. The van der Waals surface area contributed by atoms with Gasteiger partial charge in [-0.05, 0) is 32.9 Å². The molecule has 0 bridgehead atoms. The van der Waals surface area contributed by atoms with Gasteiger partial charge in [0.05, 0.1) is 12.3 Å². The molecule has 7 heteroatoms. The summed E-state index contributed by atoms with van der Waals surface area (Å²) in [6.45, 7) is 6.18. The zero-order chi connectivity index (χ0) is 16.8. The first-order valence-electron chi connectivity index (χ1n) is 7.55. The topological polar surface area (TPSA) is 75.4 Å². The number of hydrogen-bond donors (Lipinski definition) is 1. The van der Waals surface area contributed by atoms with Gasteiger partial charge in [-0.25, -0.2) is 4.98 Å². The summed E-state index contributed by atoms with van der Waals surface area (Å²) in [5, 5.41) is 3.24. The number of para-hydroxylation sites is 2. The molecule has 1 heterocycles. The number of benzene rings is 1. The third-order valence-electron chi connectivity index (χ3n) is 3.11. The van der Waals surface area contributed by atoms with Gasteiger partial charge in [-0.1, -0.05) is 23.9 Å². The molecule has 1 aromatic heterocycles. The molecule has 0 aliphatic heterocycles. The predicted octanol–water partition coefficient (Wildman–Crippen LogP) is 2.29. The van der Waals surface area contributed by atoms with Crippen molar-refractivity contribution in [2.24, 2.45) is 0 Å². The fourth-order valence-corrected chi connectivity index (χ4v) is 2.79. The van der Waals surface area contributed by atoms with Gasteiger partial charge in [0, 0.05) is 12.6 Å². The van der Waals surface area contributed by atoms with Crippen LogP contribution in [-0.4, -0.2) is 46.6 Å². The number of fused-ring (bicyclic) bond motifs is 1. The minimum atomic E-state index is -0.151. The van der Waals surface area contributed by atoms with Gasteiger partial charge in [0.25, 0.3) is 5.22 Å². The molecule has 2 rings (SSSR count). The van der Waals surface area contributed by atoms with Crippen molar-refractivity contribution in [1.29, 1.82) is 0 Å². The molecular formula is C16H21N3O3S. The van der Waals surface area contributed by atoms with Gasteiger partial charge in [-0.2, -0.15) is 0 Å². The number of amides is 2. The molecule has 0 radical (unpaired) electrons. The average Bonchev–Trinajstić information content (AvgIpc) is 2.92. The van der Waals surface area contributed by atoms with E-state index < -0.39 is 0 Å². The van der Waals surface area contributed by atoms with Crippen LogP contribution in [0.5, 0.6) is 0 Å². The van der Waals surface area contributed by atoms with Crippen LogP contribution in [0.15, 0.2) is 33.9 Å². The molecule has 1 N–H and O–H groups in total. The van der Waals surface area contributed by atoms with E-state index in [2.05, 4.69) is 10.3 Å². The summed E-state index contributed by atoms with van der Waals surface area (Å²) < 4.78 is 5.57. The van der Waals surface area contributed by atoms with Gasteiger partial charge >= 0.3 is 0 Å².